The van der Waals surface area contributed by atoms with Crippen molar-refractivity contribution in [2.24, 2.45) is 0 Å². The molecule has 0 aromatic heterocycles. The van der Waals surface area contributed by atoms with Gasteiger partial charge in [0, 0.05) is 12.6 Å². The highest BCUT2D eigenvalue weighted by atomic mass is 15.2. The van der Waals surface area contributed by atoms with Crippen LogP contribution in [0, 0.1) is 6.92 Å². The summed E-state index contributed by atoms with van der Waals surface area (Å²) in [7, 11) is 2.05. The van der Waals surface area contributed by atoms with E-state index >= 15 is 0 Å². The first-order chi connectivity index (χ1) is 8.81. The van der Waals surface area contributed by atoms with Crippen molar-refractivity contribution in [3.8, 4) is 0 Å². The molecule has 1 aromatic carbocycles. The van der Waals surface area contributed by atoms with E-state index in [0.717, 1.165) is 6.54 Å². The lowest BCUT2D eigenvalue weighted by atomic mass is 10.0. The average Bonchev–Trinajstić information content (AvgIpc) is 2.66. The van der Waals surface area contributed by atoms with Gasteiger partial charge >= 0.3 is 0 Å². The van der Waals surface area contributed by atoms with E-state index in [1.807, 2.05) is 0 Å². The molecule has 2 nitrogen and oxygen atoms in total. The maximum Gasteiger partial charge on any atom is 0.0472 e. The largest absolute Gasteiger partial charge is 0.318 e. The maximum atomic E-state index is 3.36. The minimum absolute atomic E-state index is 0.536. The van der Waals surface area contributed by atoms with Gasteiger partial charge in [-0.15, -0.1) is 0 Å². The predicted molar refractivity (Wildman–Crippen MR) is 77.9 cm³/mol. The summed E-state index contributed by atoms with van der Waals surface area (Å²) < 4.78 is 0. The molecule has 0 aliphatic carbocycles. The van der Waals surface area contributed by atoms with Crippen molar-refractivity contribution in [3.63, 3.8) is 0 Å². The second-order valence-electron chi connectivity index (χ2n) is 5.43. The lowest BCUT2D eigenvalue weighted by molar-refractivity contribution is 0.202. The molecule has 1 saturated heterocycles. The van der Waals surface area contributed by atoms with Crippen molar-refractivity contribution in [1.29, 1.82) is 0 Å². The molecular formula is C16H26N2. The molecule has 0 saturated carbocycles. The summed E-state index contributed by atoms with van der Waals surface area (Å²) in [6.07, 6.45) is 5.51. The van der Waals surface area contributed by atoms with Crippen LogP contribution in [0.25, 0.3) is 0 Å². The third kappa shape index (κ3) is 3.56. The number of hydrogen-bond acceptors (Lipinski definition) is 2. The Kier molecular flexibility index (Phi) is 5.21. The van der Waals surface area contributed by atoms with Crippen molar-refractivity contribution in [3.05, 3.63) is 35.4 Å². The molecule has 2 heteroatoms. The maximum absolute atomic E-state index is 3.36. The lowest BCUT2D eigenvalue weighted by Gasteiger charge is -2.31. The summed E-state index contributed by atoms with van der Waals surface area (Å²) in [5.41, 5.74) is 2.80. The molecule has 1 atom stereocenters. The number of benzene rings is 1. The van der Waals surface area contributed by atoms with E-state index in [-0.39, 0.29) is 0 Å². The Hall–Kier alpha value is -0.860. The van der Waals surface area contributed by atoms with Crippen LogP contribution in [-0.4, -0.2) is 31.6 Å². The van der Waals surface area contributed by atoms with Gasteiger partial charge in [0.2, 0.25) is 0 Å². The predicted octanol–water partition coefficient (Wildman–Crippen LogP) is 3.13. The molecule has 2 rings (SSSR count). The minimum atomic E-state index is 0.536. The van der Waals surface area contributed by atoms with Gasteiger partial charge in [-0.25, -0.2) is 0 Å². The van der Waals surface area contributed by atoms with Crippen LogP contribution in [0.1, 0.15) is 42.9 Å². The van der Waals surface area contributed by atoms with E-state index in [2.05, 4.69) is 48.5 Å². The highest BCUT2D eigenvalue weighted by molar-refractivity contribution is 5.24. The monoisotopic (exact) mass is 246 g/mol. The number of likely N-dealkylation sites (N-methyl/N-ethyl adjacent to an activating group) is 1. The van der Waals surface area contributed by atoms with Gasteiger partial charge in [-0.1, -0.05) is 42.7 Å². The molecule has 1 aromatic rings. The fourth-order valence-corrected chi connectivity index (χ4v) is 2.85. The normalized spacial score (nSPS) is 19.4. The summed E-state index contributed by atoms with van der Waals surface area (Å²) in [4.78, 5) is 2.66. The highest BCUT2D eigenvalue weighted by Gasteiger charge is 2.20. The molecule has 100 valence electrons. The zero-order chi connectivity index (χ0) is 12.8. The number of hydrogen-bond donors (Lipinski definition) is 1. The summed E-state index contributed by atoms with van der Waals surface area (Å²) in [6.45, 7) is 5.70. The standard InChI is InChI=1S/C16H26N2/c1-14-7-9-15(10-8-14)16(13-17-2)18-11-5-3-4-6-12-18/h7-10,16-17H,3-6,11-13H2,1-2H3. The van der Waals surface area contributed by atoms with Crippen molar-refractivity contribution < 1.29 is 0 Å². The van der Waals surface area contributed by atoms with Crippen molar-refractivity contribution >= 4 is 0 Å². The molecule has 18 heavy (non-hydrogen) atoms. The fraction of sp³-hybridized carbons (Fsp3) is 0.625. The third-order valence-corrected chi connectivity index (χ3v) is 3.94. The van der Waals surface area contributed by atoms with Crippen molar-refractivity contribution in [2.45, 2.75) is 38.6 Å². The molecule has 1 unspecified atom stereocenters. The highest BCUT2D eigenvalue weighted by Crippen LogP contribution is 2.24. The molecule has 1 fully saturated rings. The Bertz CT molecular complexity index is 337. The Morgan fingerprint density at radius 3 is 2.22 bits per heavy atom. The molecule has 1 aliphatic rings. The van der Waals surface area contributed by atoms with Gasteiger partial charge in [-0.3, -0.25) is 4.90 Å². The van der Waals surface area contributed by atoms with Gasteiger partial charge < -0.3 is 5.32 Å². The van der Waals surface area contributed by atoms with Crippen LogP contribution in [0.15, 0.2) is 24.3 Å². The van der Waals surface area contributed by atoms with E-state index < -0.39 is 0 Å². The second kappa shape index (κ2) is 6.91. The SMILES string of the molecule is CNCC(c1ccc(C)cc1)N1CCCCCC1. The topological polar surface area (TPSA) is 15.3 Å². The summed E-state index contributed by atoms with van der Waals surface area (Å²) in [5.74, 6) is 0. The molecule has 0 radical (unpaired) electrons. The van der Waals surface area contributed by atoms with Crippen LogP contribution in [0.3, 0.4) is 0 Å². The van der Waals surface area contributed by atoms with Crippen LogP contribution in [0.4, 0.5) is 0 Å². The van der Waals surface area contributed by atoms with Crippen LogP contribution in [0.2, 0.25) is 0 Å². The first-order valence-corrected chi connectivity index (χ1v) is 7.26. The van der Waals surface area contributed by atoms with Crippen molar-refractivity contribution in [2.75, 3.05) is 26.7 Å². The molecule has 1 N–H and O–H groups in total. The summed E-state index contributed by atoms with van der Waals surface area (Å²) >= 11 is 0. The van der Waals surface area contributed by atoms with Gasteiger partial charge in [0.25, 0.3) is 0 Å². The molecule has 1 aliphatic heterocycles. The number of likely N-dealkylation sites (tertiary alicyclic amines) is 1. The van der Waals surface area contributed by atoms with Gasteiger partial charge in [0.15, 0.2) is 0 Å². The van der Waals surface area contributed by atoms with Gasteiger partial charge in [-0.2, -0.15) is 0 Å². The van der Waals surface area contributed by atoms with Gasteiger partial charge in [-0.05, 0) is 45.5 Å². The number of aryl methyl sites for hydroxylation is 1. The number of nitrogens with one attached hydrogen (secondary N) is 1. The van der Waals surface area contributed by atoms with Crippen LogP contribution in [-0.2, 0) is 0 Å². The number of rotatable bonds is 4. The van der Waals surface area contributed by atoms with E-state index in [4.69, 9.17) is 0 Å². The van der Waals surface area contributed by atoms with Gasteiger partial charge in [0.05, 0.1) is 0 Å². The average molecular weight is 246 g/mol. The minimum Gasteiger partial charge on any atom is -0.318 e. The zero-order valence-electron chi connectivity index (χ0n) is 11.8. The molecular weight excluding hydrogens is 220 g/mol. The summed E-state index contributed by atoms with van der Waals surface area (Å²) in [5, 5.41) is 3.36. The lowest BCUT2D eigenvalue weighted by Crippen LogP contribution is -2.35. The molecule has 0 bridgehead atoms. The first-order valence-electron chi connectivity index (χ1n) is 7.26. The summed E-state index contributed by atoms with van der Waals surface area (Å²) in [6, 6.07) is 9.59. The Balaban J connectivity index is 2.12. The van der Waals surface area contributed by atoms with E-state index in [0.29, 0.717) is 6.04 Å². The molecule has 0 spiro atoms. The molecule has 1 heterocycles. The van der Waals surface area contributed by atoms with Crippen molar-refractivity contribution in [1.82, 2.24) is 10.2 Å². The Morgan fingerprint density at radius 1 is 1.06 bits per heavy atom. The second-order valence-corrected chi connectivity index (χ2v) is 5.43. The van der Waals surface area contributed by atoms with Crippen LogP contribution in [0.5, 0.6) is 0 Å². The van der Waals surface area contributed by atoms with Crippen LogP contribution < -0.4 is 5.32 Å². The number of nitrogens with zero attached hydrogens (tertiary/aromatic N) is 1. The Labute approximate surface area is 111 Å². The quantitative estimate of drug-likeness (QED) is 0.878. The Morgan fingerprint density at radius 2 is 1.67 bits per heavy atom. The smallest absolute Gasteiger partial charge is 0.0472 e. The first kappa shape index (κ1) is 13.6. The third-order valence-electron chi connectivity index (χ3n) is 3.94. The van der Waals surface area contributed by atoms with Crippen LogP contribution >= 0.6 is 0 Å². The van der Waals surface area contributed by atoms with E-state index in [9.17, 15) is 0 Å². The molecule has 0 amide bonds. The zero-order valence-corrected chi connectivity index (χ0v) is 11.8. The van der Waals surface area contributed by atoms with Gasteiger partial charge in [0.1, 0.15) is 0 Å². The van der Waals surface area contributed by atoms with E-state index in [1.165, 1.54) is 49.9 Å². The van der Waals surface area contributed by atoms with E-state index in [1.54, 1.807) is 0 Å². The fourth-order valence-electron chi connectivity index (χ4n) is 2.85.